The van der Waals surface area contributed by atoms with Crippen LogP contribution in [0.5, 0.6) is 11.5 Å². The van der Waals surface area contributed by atoms with Crippen molar-refractivity contribution in [3.8, 4) is 11.5 Å². The zero-order valence-electron chi connectivity index (χ0n) is 10.9. The minimum Gasteiger partial charge on any atom is -0.457 e. The number of rotatable bonds is 3. The molecule has 0 fully saturated rings. The van der Waals surface area contributed by atoms with E-state index in [2.05, 4.69) is 6.07 Å². The number of carbonyl (C=O) groups is 1. The predicted octanol–water partition coefficient (Wildman–Crippen LogP) is 4.22. The van der Waals surface area contributed by atoms with Crippen LogP contribution in [0.25, 0.3) is 0 Å². The molecule has 2 nitrogen and oxygen atoms in total. The number of aldehydes is 1. The lowest BCUT2D eigenvalue weighted by Gasteiger charge is -2.10. The topological polar surface area (TPSA) is 26.3 Å². The van der Waals surface area contributed by atoms with Crippen LogP contribution in [0.15, 0.2) is 36.4 Å². The molecule has 2 aromatic rings. The van der Waals surface area contributed by atoms with E-state index < -0.39 is 0 Å². The fraction of sp³-hybridized carbons (Fsp3) is 0.188. The molecule has 0 saturated heterocycles. The van der Waals surface area contributed by atoms with E-state index in [0.717, 1.165) is 34.5 Å². The van der Waals surface area contributed by atoms with Gasteiger partial charge in [-0.1, -0.05) is 12.1 Å². The fourth-order valence-electron chi connectivity index (χ4n) is 1.79. The highest BCUT2D eigenvalue weighted by Gasteiger charge is 2.04. The van der Waals surface area contributed by atoms with Gasteiger partial charge < -0.3 is 4.74 Å². The second-order valence-corrected chi connectivity index (χ2v) is 4.51. The first-order valence-corrected chi connectivity index (χ1v) is 5.91. The molecule has 0 amide bonds. The summed E-state index contributed by atoms with van der Waals surface area (Å²) >= 11 is 0. The lowest BCUT2D eigenvalue weighted by Crippen LogP contribution is -1.91. The van der Waals surface area contributed by atoms with Crippen LogP contribution < -0.4 is 4.74 Å². The van der Waals surface area contributed by atoms with Crippen LogP contribution in [0, 0.1) is 20.8 Å². The van der Waals surface area contributed by atoms with Gasteiger partial charge >= 0.3 is 0 Å². The van der Waals surface area contributed by atoms with Crippen molar-refractivity contribution in [3.05, 3.63) is 58.7 Å². The first-order valence-electron chi connectivity index (χ1n) is 5.91. The summed E-state index contributed by atoms with van der Waals surface area (Å²) in [5.74, 6) is 1.61. The molecule has 0 aliphatic carbocycles. The predicted molar refractivity (Wildman–Crippen MR) is 72.6 cm³/mol. The summed E-state index contributed by atoms with van der Waals surface area (Å²) in [5, 5.41) is 0. The van der Waals surface area contributed by atoms with E-state index in [9.17, 15) is 4.79 Å². The van der Waals surface area contributed by atoms with E-state index in [1.54, 1.807) is 6.07 Å². The Bertz CT molecular complexity index is 586. The van der Waals surface area contributed by atoms with Crippen molar-refractivity contribution in [2.45, 2.75) is 20.8 Å². The maximum atomic E-state index is 10.8. The average Bonchev–Trinajstić information content (AvgIpc) is 2.34. The van der Waals surface area contributed by atoms with Crippen molar-refractivity contribution >= 4 is 6.29 Å². The van der Waals surface area contributed by atoms with E-state index >= 15 is 0 Å². The Balaban J connectivity index is 2.31. The second kappa shape index (κ2) is 5.05. The largest absolute Gasteiger partial charge is 0.457 e. The van der Waals surface area contributed by atoms with Gasteiger partial charge in [-0.3, -0.25) is 4.79 Å². The molecule has 0 heterocycles. The second-order valence-electron chi connectivity index (χ2n) is 4.51. The van der Waals surface area contributed by atoms with Crippen molar-refractivity contribution in [1.82, 2.24) is 0 Å². The molecule has 0 unspecified atom stereocenters. The summed E-state index contributed by atoms with van der Waals surface area (Å²) < 4.78 is 5.85. The summed E-state index contributed by atoms with van der Waals surface area (Å²) in [6.45, 7) is 5.95. The zero-order chi connectivity index (χ0) is 13.1. The van der Waals surface area contributed by atoms with Gasteiger partial charge in [-0.25, -0.2) is 0 Å². The van der Waals surface area contributed by atoms with Gasteiger partial charge in [0.1, 0.15) is 17.8 Å². The number of ether oxygens (including phenoxy) is 1. The SMILES string of the molecule is Cc1ccc(C)c(Oc2ccc(C=O)c(C)c2)c1. The Kier molecular flexibility index (Phi) is 3.47. The van der Waals surface area contributed by atoms with Crippen molar-refractivity contribution < 1.29 is 9.53 Å². The van der Waals surface area contributed by atoms with Crippen LogP contribution in [-0.4, -0.2) is 6.29 Å². The maximum Gasteiger partial charge on any atom is 0.150 e. The van der Waals surface area contributed by atoms with Gasteiger partial charge in [-0.2, -0.15) is 0 Å². The fourth-order valence-corrected chi connectivity index (χ4v) is 1.79. The molecule has 2 heteroatoms. The van der Waals surface area contributed by atoms with Gasteiger partial charge in [0.2, 0.25) is 0 Å². The number of carbonyl (C=O) groups excluding carboxylic acids is 1. The van der Waals surface area contributed by atoms with Crippen LogP contribution in [0.1, 0.15) is 27.0 Å². The van der Waals surface area contributed by atoms with Crippen molar-refractivity contribution in [2.75, 3.05) is 0 Å². The van der Waals surface area contributed by atoms with Gasteiger partial charge in [-0.05, 0) is 61.7 Å². The van der Waals surface area contributed by atoms with Gasteiger partial charge in [0.25, 0.3) is 0 Å². The van der Waals surface area contributed by atoms with E-state index in [-0.39, 0.29) is 0 Å². The molecule has 0 aliphatic heterocycles. The number of aryl methyl sites for hydroxylation is 3. The molecule has 0 radical (unpaired) electrons. The third kappa shape index (κ3) is 2.59. The van der Waals surface area contributed by atoms with Crippen molar-refractivity contribution in [2.24, 2.45) is 0 Å². The molecular weight excluding hydrogens is 224 g/mol. The monoisotopic (exact) mass is 240 g/mol. The highest BCUT2D eigenvalue weighted by Crippen LogP contribution is 2.27. The molecule has 2 aromatic carbocycles. The summed E-state index contributed by atoms with van der Waals surface area (Å²) in [6, 6.07) is 11.6. The molecule has 92 valence electrons. The van der Waals surface area contributed by atoms with E-state index in [1.807, 2.05) is 45.0 Å². The highest BCUT2D eigenvalue weighted by atomic mass is 16.5. The summed E-state index contributed by atoms with van der Waals surface area (Å²) in [7, 11) is 0. The Morgan fingerprint density at radius 2 is 1.72 bits per heavy atom. The Hall–Kier alpha value is -2.09. The van der Waals surface area contributed by atoms with Gasteiger partial charge in [-0.15, -0.1) is 0 Å². The maximum absolute atomic E-state index is 10.8. The number of benzene rings is 2. The quantitative estimate of drug-likeness (QED) is 0.751. The van der Waals surface area contributed by atoms with Gasteiger partial charge in [0.05, 0.1) is 0 Å². The van der Waals surface area contributed by atoms with Gasteiger partial charge in [0.15, 0.2) is 0 Å². The molecule has 0 N–H and O–H groups in total. The smallest absolute Gasteiger partial charge is 0.150 e. The molecule has 2 rings (SSSR count). The Morgan fingerprint density at radius 3 is 2.39 bits per heavy atom. The normalized spacial score (nSPS) is 10.2. The molecular formula is C16H16O2. The first kappa shape index (κ1) is 12.4. The molecule has 0 atom stereocenters. The summed E-state index contributed by atoms with van der Waals surface area (Å²) in [6.07, 6.45) is 0.858. The van der Waals surface area contributed by atoms with E-state index in [4.69, 9.17) is 4.74 Å². The Labute approximate surface area is 107 Å². The standard InChI is InChI=1S/C16H16O2/c1-11-4-5-12(2)16(8-11)18-15-7-6-14(10-17)13(3)9-15/h4-10H,1-3H3. The lowest BCUT2D eigenvalue weighted by molar-refractivity contribution is 0.112. The minimum atomic E-state index is 0.698. The van der Waals surface area contributed by atoms with Crippen molar-refractivity contribution in [3.63, 3.8) is 0 Å². The molecule has 0 spiro atoms. The molecule has 0 saturated carbocycles. The Morgan fingerprint density at radius 1 is 0.944 bits per heavy atom. The summed E-state index contributed by atoms with van der Waals surface area (Å²) in [5.41, 5.74) is 3.88. The van der Waals surface area contributed by atoms with E-state index in [1.165, 1.54) is 0 Å². The number of hydrogen-bond acceptors (Lipinski definition) is 2. The lowest BCUT2D eigenvalue weighted by atomic mass is 10.1. The third-order valence-corrected chi connectivity index (χ3v) is 2.94. The van der Waals surface area contributed by atoms with Gasteiger partial charge in [0, 0.05) is 5.56 Å². The van der Waals surface area contributed by atoms with E-state index in [0.29, 0.717) is 5.56 Å². The van der Waals surface area contributed by atoms with Crippen LogP contribution in [0.2, 0.25) is 0 Å². The van der Waals surface area contributed by atoms with Crippen LogP contribution in [-0.2, 0) is 0 Å². The summed E-state index contributed by atoms with van der Waals surface area (Å²) in [4.78, 5) is 10.8. The average molecular weight is 240 g/mol. The molecule has 0 aliphatic rings. The molecule has 18 heavy (non-hydrogen) atoms. The van der Waals surface area contributed by atoms with Crippen molar-refractivity contribution in [1.29, 1.82) is 0 Å². The molecule has 0 bridgehead atoms. The highest BCUT2D eigenvalue weighted by molar-refractivity contribution is 5.77. The molecule has 0 aromatic heterocycles. The first-order chi connectivity index (χ1) is 8.60. The van der Waals surface area contributed by atoms with Crippen LogP contribution >= 0.6 is 0 Å². The van der Waals surface area contributed by atoms with Crippen LogP contribution in [0.4, 0.5) is 0 Å². The number of hydrogen-bond donors (Lipinski definition) is 0. The minimum absolute atomic E-state index is 0.698. The third-order valence-electron chi connectivity index (χ3n) is 2.94. The van der Waals surface area contributed by atoms with Crippen LogP contribution in [0.3, 0.4) is 0 Å². The zero-order valence-corrected chi connectivity index (χ0v) is 10.9.